The second-order valence-electron chi connectivity index (χ2n) is 5.48. The quantitative estimate of drug-likeness (QED) is 0.617. The molecule has 136 valence electrons. The number of carboxylic acids is 1. The number of hydrogen-bond donors (Lipinski definition) is 3. The lowest BCUT2D eigenvalue weighted by atomic mass is 10.00. The van der Waals surface area contributed by atoms with Gasteiger partial charge in [0.1, 0.15) is 10.7 Å². The van der Waals surface area contributed by atoms with E-state index in [1.807, 2.05) is 0 Å². The van der Waals surface area contributed by atoms with Crippen LogP contribution in [0, 0.1) is 11.7 Å². The van der Waals surface area contributed by atoms with E-state index in [0.29, 0.717) is 5.56 Å². The van der Waals surface area contributed by atoms with Crippen LogP contribution >= 0.6 is 0 Å². The standard InChI is InChI=1S/C15H18FN3O5S/c1-19-14(15(21)22)13(8-17-19)25(23,24)18-7-10(9-20)6-11-4-2-3-5-12(11)16/h2-5,8,10,18,20H,6-7,9H2,1H3,(H,21,22). The number of rotatable bonds is 8. The van der Waals surface area contributed by atoms with Crippen molar-refractivity contribution in [2.24, 2.45) is 13.0 Å². The molecular weight excluding hydrogens is 353 g/mol. The zero-order valence-corrected chi connectivity index (χ0v) is 14.2. The van der Waals surface area contributed by atoms with Crippen molar-refractivity contribution in [3.05, 3.63) is 47.5 Å². The van der Waals surface area contributed by atoms with E-state index in [1.165, 1.54) is 19.2 Å². The highest BCUT2D eigenvalue weighted by Crippen LogP contribution is 2.16. The molecule has 0 saturated heterocycles. The highest BCUT2D eigenvalue weighted by atomic mass is 32.2. The molecule has 1 aromatic carbocycles. The topological polar surface area (TPSA) is 122 Å². The molecule has 1 aromatic heterocycles. The first kappa shape index (κ1) is 19.0. The first-order chi connectivity index (χ1) is 11.8. The fourth-order valence-electron chi connectivity index (χ4n) is 2.34. The van der Waals surface area contributed by atoms with Gasteiger partial charge in [-0.3, -0.25) is 4.68 Å². The van der Waals surface area contributed by atoms with Crippen molar-refractivity contribution in [3.63, 3.8) is 0 Å². The van der Waals surface area contributed by atoms with Gasteiger partial charge in [0.05, 0.1) is 6.20 Å². The molecule has 0 fully saturated rings. The molecule has 0 aliphatic rings. The van der Waals surface area contributed by atoms with Crippen LogP contribution in [0.1, 0.15) is 16.1 Å². The van der Waals surface area contributed by atoms with Gasteiger partial charge in [-0.25, -0.2) is 22.3 Å². The summed E-state index contributed by atoms with van der Waals surface area (Å²) < 4.78 is 41.5. The molecule has 8 nitrogen and oxygen atoms in total. The summed E-state index contributed by atoms with van der Waals surface area (Å²) in [5.41, 5.74) is -0.115. The number of nitrogens with one attached hydrogen (secondary N) is 1. The van der Waals surface area contributed by atoms with Gasteiger partial charge in [-0.05, 0) is 24.0 Å². The third kappa shape index (κ3) is 4.41. The number of aryl methyl sites for hydroxylation is 1. The second kappa shape index (κ2) is 7.72. The van der Waals surface area contributed by atoms with Gasteiger partial charge in [-0.15, -0.1) is 0 Å². The van der Waals surface area contributed by atoms with Crippen LogP contribution in [0.25, 0.3) is 0 Å². The predicted molar refractivity (Wildman–Crippen MR) is 86.0 cm³/mol. The van der Waals surface area contributed by atoms with Crippen LogP contribution in [0.5, 0.6) is 0 Å². The van der Waals surface area contributed by atoms with E-state index >= 15 is 0 Å². The molecule has 1 atom stereocenters. The summed E-state index contributed by atoms with van der Waals surface area (Å²) in [4.78, 5) is 10.7. The Morgan fingerprint density at radius 2 is 2.08 bits per heavy atom. The average Bonchev–Trinajstić information content (AvgIpc) is 2.96. The van der Waals surface area contributed by atoms with Gasteiger partial charge in [-0.1, -0.05) is 18.2 Å². The van der Waals surface area contributed by atoms with E-state index in [4.69, 9.17) is 5.11 Å². The van der Waals surface area contributed by atoms with Crippen molar-refractivity contribution in [2.75, 3.05) is 13.2 Å². The van der Waals surface area contributed by atoms with Crippen LogP contribution in [-0.2, 0) is 23.5 Å². The van der Waals surface area contributed by atoms with Crippen LogP contribution in [0.3, 0.4) is 0 Å². The fourth-order valence-corrected chi connectivity index (χ4v) is 3.61. The third-order valence-electron chi connectivity index (χ3n) is 3.68. The maximum atomic E-state index is 13.7. The summed E-state index contributed by atoms with van der Waals surface area (Å²) in [6, 6.07) is 6.01. The Labute approximate surface area is 144 Å². The van der Waals surface area contributed by atoms with E-state index < -0.39 is 38.3 Å². The molecule has 0 aliphatic carbocycles. The van der Waals surface area contributed by atoms with E-state index in [1.54, 1.807) is 12.1 Å². The Hall–Kier alpha value is -2.30. The summed E-state index contributed by atoms with van der Waals surface area (Å²) in [6.45, 7) is -0.545. The number of carboxylic acid groups (broad SMARTS) is 1. The summed E-state index contributed by atoms with van der Waals surface area (Å²) in [5.74, 6) is -2.44. The minimum atomic E-state index is -4.14. The highest BCUT2D eigenvalue weighted by Gasteiger charge is 2.27. The lowest BCUT2D eigenvalue weighted by molar-refractivity contribution is 0.0680. The number of halogens is 1. The van der Waals surface area contributed by atoms with Crippen LogP contribution < -0.4 is 4.72 Å². The number of benzene rings is 1. The Kier molecular flexibility index (Phi) is 5.88. The molecule has 0 radical (unpaired) electrons. The molecule has 0 amide bonds. The molecule has 2 aromatic rings. The minimum Gasteiger partial charge on any atom is -0.476 e. The average molecular weight is 371 g/mol. The van der Waals surface area contributed by atoms with Crippen LogP contribution in [0.4, 0.5) is 4.39 Å². The zero-order valence-electron chi connectivity index (χ0n) is 13.4. The Balaban J connectivity index is 2.13. The number of nitrogens with zero attached hydrogens (tertiary/aromatic N) is 2. The monoisotopic (exact) mass is 371 g/mol. The molecule has 25 heavy (non-hydrogen) atoms. The van der Waals surface area contributed by atoms with Crippen molar-refractivity contribution in [1.29, 1.82) is 0 Å². The molecular formula is C15H18FN3O5S. The Morgan fingerprint density at radius 1 is 1.40 bits per heavy atom. The number of aliphatic hydroxyl groups excluding tert-OH is 1. The number of aromatic nitrogens is 2. The maximum Gasteiger partial charge on any atom is 0.355 e. The number of aliphatic hydroxyl groups is 1. The Bertz CT molecular complexity index is 866. The summed E-state index contributed by atoms with van der Waals surface area (Å²) in [5, 5.41) is 22.2. The van der Waals surface area contributed by atoms with Crippen molar-refractivity contribution in [1.82, 2.24) is 14.5 Å². The lowest BCUT2D eigenvalue weighted by Gasteiger charge is -2.15. The fraction of sp³-hybridized carbons (Fsp3) is 0.333. The normalized spacial score (nSPS) is 12.9. The molecule has 10 heteroatoms. The van der Waals surface area contributed by atoms with Crippen molar-refractivity contribution >= 4 is 16.0 Å². The van der Waals surface area contributed by atoms with Gasteiger partial charge < -0.3 is 10.2 Å². The van der Waals surface area contributed by atoms with E-state index in [0.717, 1.165) is 10.9 Å². The molecule has 2 rings (SSSR count). The van der Waals surface area contributed by atoms with Crippen molar-refractivity contribution in [2.45, 2.75) is 11.3 Å². The SMILES string of the molecule is Cn1ncc(S(=O)(=O)NCC(CO)Cc2ccccc2F)c1C(=O)O. The molecule has 0 bridgehead atoms. The first-order valence-corrected chi connectivity index (χ1v) is 8.83. The Morgan fingerprint density at radius 3 is 2.68 bits per heavy atom. The van der Waals surface area contributed by atoms with E-state index in [9.17, 15) is 22.7 Å². The number of hydrogen-bond acceptors (Lipinski definition) is 5. The zero-order chi connectivity index (χ0) is 18.6. The molecule has 0 saturated carbocycles. The first-order valence-electron chi connectivity index (χ1n) is 7.35. The molecule has 1 unspecified atom stereocenters. The summed E-state index contributed by atoms with van der Waals surface area (Å²) in [7, 11) is -2.83. The minimum absolute atomic E-state index is 0.129. The lowest BCUT2D eigenvalue weighted by Crippen LogP contribution is -2.32. The van der Waals surface area contributed by atoms with Gasteiger partial charge >= 0.3 is 5.97 Å². The molecule has 0 spiro atoms. The number of sulfonamides is 1. The van der Waals surface area contributed by atoms with Gasteiger partial charge in [-0.2, -0.15) is 5.10 Å². The third-order valence-corrected chi connectivity index (χ3v) is 5.11. The van der Waals surface area contributed by atoms with Crippen molar-refractivity contribution in [3.8, 4) is 0 Å². The van der Waals surface area contributed by atoms with Crippen molar-refractivity contribution < 1.29 is 27.8 Å². The second-order valence-corrected chi connectivity index (χ2v) is 7.22. The van der Waals surface area contributed by atoms with Gasteiger partial charge in [0.25, 0.3) is 0 Å². The smallest absolute Gasteiger partial charge is 0.355 e. The van der Waals surface area contributed by atoms with Crippen LogP contribution in [0.2, 0.25) is 0 Å². The van der Waals surface area contributed by atoms with Gasteiger partial charge in [0, 0.05) is 20.2 Å². The number of carbonyl (C=O) groups is 1. The van der Waals surface area contributed by atoms with Crippen LogP contribution in [0.15, 0.2) is 35.4 Å². The van der Waals surface area contributed by atoms with E-state index in [-0.39, 0.29) is 19.6 Å². The predicted octanol–water partition coefficient (Wildman–Crippen LogP) is 0.387. The highest BCUT2D eigenvalue weighted by molar-refractivity contribution is 7.89. The molecule has 1 heterocycles. The van der Waals surface area contributed by atoms with Crippen LogP contribution in [-0.4, -0.2) is 47.5 Å². The number of aromatic carboxylic acids is 1. The van der Waals surface area contributed by atoms with Gasteiger partial charge in [0.2, 0.25) is 10.0 Å². The maximum absolute atomic E-state index is 13.7. The largest absolute Gasteiger partial charge is 0.476 e. The van der Waals surface area contributed by atoms with E-state index in [2.05, 4.69) is 9.82 Å². The summed E-state index contributed by atoms with van der Waals surface area (Å²) in [6.07, 6.45) is 1.07. The molecule has 0 aliphatic heterocycles. The molecule has 3 N–H and O–H groups in total. The summed E-state index contributed by atoms with van der Waals surface area (Å²) >= 11 is 0. The van der Waals surface area contributed by atoms with Gasteiger partial charge in [0.15, 0.2) is 5.69 Å².